The van der Waals surface area contributed by atoms with Crippen LogP contribution in [-0.4, -0.2) is 44.3 Å². The number of amides is 1. The van der Waals surface area contributed by atoms with E-state index in [1.807, 2.05) is 0 Å². The zero-order valence-corrected chi connectivity index (χ0v) is 16.3. The molecule has 1 N–H and O–H groups in total. The monoisotopic (exact) mass is 406 g/mol. The lowest BCUT2D eigenvalue weighted by atomic mass is 10.2. The van der Waals surface area contributed by atoms with Crippen molar-refractivity contribution in [1.82, 2.24) is 9.62 Å². The molecule has 1 amide bonds. The molecular formula is C19H22N2O6S. The number of esters is 1. The molecule has 1 atom stereocenters. The third-order valence-electron chi connectivity index (χ3n) is 4.45. The van der Waals surface area contributed by atoms with Crippen LogP contribution in [0.3, 0.4) is 0 Å². The van der Waals surface area contributed by atoms with E-state index in [-0.39, 0.29) is 16.5 Å². The lowest BCUT2D eigenvalue weighted by Crippen LogP contribution is -2.31. The smallest absolute Gasteiger partial charge is 0.338 e. The number of benzene rings is 1. The van der Waals surface area contributed by atoms with Crippen LogP contribution in [-0.2, 0) is 19.6 Å². The molecule has 2 aromatic rings. The number of furan rings is 1. The van der Waals surface area contributed by atoms with Gasteiger partial charge in [-0.2, -0.15) is 4.31 Å². The molecule has 9 heteroatoms. The topological polar surface area (TPSA) is 106 Å². The highest BCUT2D eigenvalue weighted by atomic mass is 32.2. The highest BCUT2D eigenvalue weighted by molar-refractivity contribution is 7.89. The number of hydrogen-bond donors (Lipinski definition) is 1. The Morgan fingerprint density at radius 1 is 1.21 bits per heavy atom. The van der Waals surface area contributed by atoms with Gasteiger partial charge in [-0.3, -0.25) is 4.79 Å². The Morgan fingerprint density at radius 2 is 1.96 bits per heavy atom. The van der Waals surface area contributed by atoms with E-state index >= 15 is 0 Å². The van der Waals surface area contributed by atoms with Crippen molar-refractivity contribution in [2.24, 2.45) is 0 Å². The Labute approximate surface area is 163 Å². The molecule has 0 spiro atoms. The van der Waals surface area contributed by atoms with E-state index in [0.29, 0.717) is 18.8 Å². The van der Waals surface area contributed by atoms with Gasteiger partial charge in [0.25, 0.3) is 5.91 Å². The van der Waals surface area contributed by atoms with Crippen molar-refractivity contribution in [1.29, 1.82) is 0 Å². The van der Waals surface area contributed by atoms with Crippen molar-refractivity contribution in [3.05, 3.63) is 54.0 Å². The van der Waals surface area contributed by atoms with E-state index < -0.39 is 28.5 Å². The van der Waals surface area contributed by atoms with Crippen molar-refractivity contribution in [3.8, 4) is 0 Å². The number of rotatable bonds is 7. The summed E-state index contributed by atoms with van der Waals surface area (Å²) in [4.78, 5) is 24.2. The van der Waals surface area contributed by atoms with Gasteiger partial charge < -0.3 is 14.5 Å². The van der Waals surface area contributed by atoms with Gasteiger partial charge in [-0.15, -0.1) is 0 Å². The Hall–Kier alpha value is -2.65. The molecule has 8 nitrogen and oxygen atoms in total. The van der Waals surface area contributed by atoms with Crippen molar-refractivity contribution < 1.29 is 27.2 Å². The summed E-state index contributed by atoms with van der Waals surface area (Å²) in [5.41, 5.74) is 0.0761. The first-order valence-electron chi connectivity index (χ1n) is 8.98. The number of ether oxygens (including phenoxy) is 1. The van der Waals surface area contributed by atoms with E-state index in [0.717, 1.165) is 12.8 Å². The van der Waals surface area contributed by atoms with Gasteiger partial charge in [0.05, 0.1) is 22.8 Å². The van der Waals surface area contributed by atoms with Gasteiger partial charge in [0, 0.05) is 13.1 Å². The fourth-order valence-electron chi connectivity index (χ4n) is 2.97. The molecule has 1 fully saturated rings. The highest BCUT2D eigenvalue weighted by Crippen LogP contribution is 2.21. The minimum atomic E-state index is -3.63. The number of carbonyl (C=O) groups is 2. The number of nitrogens with one attached hydrogen (secondary N) is 1. The molecule has 0 aliphatic carbocycles. The zero-order chi connectivity index (χ0) is 20.1. The van der Waals surface area contributed by atoms with Crippen LogP contribution in [0.1, 0.15) is 41.9 Å². The van der Waals surface area contributed by atoms with Gasteiger partial charge in [-0.25, -0.2) is 13.2 Å². The summed E-state index contributed by atoms with van der Waals surface area (Å²) in [5.74, 6) is -0.670. The summed E-state index contributed by atoms with van der Waals surface area (Å²) < 4.78 is 36.8. The summed E-state index contributed by atoms with van der Waals surface area (Å²) in [6.07, 6.45) is 3.15. The molecule has 1 aliphatic rings. The molecule has 1 aromatic heterocycles. The lowest BCUT2D eigenvalue weighted by Gasteiger charge is -2.16. The molecule has 1 saturated heterocycles. The average Bonchev–Trinajstić information content (AvgIpc) is 3.40. The minimum absolute atomic E-state index is 0.0414. The van der Waals surface area contributed by atoms with Crippen molar-refractivity contribution in [3.63, 3.8) is 0 Å². The summed E-state index contributed by atoms with van der Waals surface area (Å²) >= 11 is 0. The maximum Gasteiger partial charge on any atom is 0.338 e. The van der Waals surface area contributed by atoms with Gasteiger partial charge >= 0.3 is 5.97 Å². The van der Waals surface area contributed by atoms with Crippen molar-refractivity contribution >= 4 is 21.9 Å². The van der Waals surface area contributed by atoms with Gasteiger partial charge in [0.15, 0.2) is 6.61 Å². The molecule has 2 heterocycles. The molecular weight excluding hydrogens is 384 g/mol. The van der Waals surface area contributed by atoms with Gasteiger partial charge in [0.2, 0.25) is 10.0 Å². The molecule has 1 aliphatic heterocycles. The largest absolute Gasteiger partial charge is 0.467 e. The van der Waals surface area contributed by atoms with E-state index in [1.165, 1.54) is 34.8 Å². The van der Waals surface area contributed by atoms with Crippen LogP contribution in [0.5, 0.6) is 0 Å². The molecule has 28 heavy (non-hydrogen) atoms. The Bertz CT molecular complexity index is 933. The molecule has 0 bridgehead atoms. The number of sulfonamides is 1. The second-order valence-electron chi connectivity index (χ2n) is 6.52. The Morgan fingerprint density at radius 3 is 2.64 bits per heavy atom. The van der Waals surface area contributed by atoms with Crippen LogP contribution in [0.4, 0.5) is 0 Å². The summed E-state index contributed by atoms with van der Waals surface area (Å²) in [6, 6.07) is 8.73. The van der Waals surface area contributed by atoms with Crippen LogP contribution in [0.2, 0.25) is 0 Å². The van der Waals surface area contributed by atoms with E-state index in [9.17, 15) is 18.0 Å². The highest BCUT2D eigenvalue weighted by Gasteiger charge is 2.27. The zero-order valence-electron chi connectivity index (χ0n) is 15.5. The van der Waals surface area contributed by atoms with E-state index in [4.69, 9.17) is 9.15 Å². The van der Waals surface area contributed by atoms with Crippen molar-refractivity contribution in [2.75, 3.05) is 19.7 Å². The molecule has 0 saturated carbocycles. The van der Waals surface area contributed by atoms with Crippen molar-refractivity contribution in [2.45, 2.75) is 30.7 Å². The molecule has 1 aromatic carbocycles. The second-order valence-corrected chi connectivity index (χ2v) is 8.46. The SMILES string of the molecule is C[C@H](NC(=O)COC(=O)c1cccc(S(=O)(=O)N2CCCC2)c1)c1ccco1. The first-order valence-corrected chi connectivity index (χ1v) is 10.4. The maximum atomic E-state index is 12.6. The quantitative estimate of drug-likeness (QED) is 0.706. The van der Waals surface area contributed by atoms with Crippen LogP contribution < -0.4 is 5.32 Å². The summed E-state index contributed by atoms with van der Waals surface area (Å²) in [7, 11) is -3.63. The number of hydrogen-bond acceptors (Lipinski definition) is 6. The van der Waals surface area contributed by atoms with Crippen LogP contribution in [0, 0.1) is 0 Å². The standard InChI is InChI=1S/C19H22N2O6S/c1-14(17-8-5-11-26-17)20-18(22)13-27-19(23)15-6-4-7-16(12-15)28(24,25)21-9-2-3-10-21/h4-8,11-12,14H,2-3,9-10,13H2,1H3,(H,20,22)/t14-/m0/s1. The van der Waals surface area contributed by atoms with Crippen LogP contribution in [0.25, 0.3) is 0 Å². The van der Waals surface area contributed by atoms with Crippen LogP contribution >= 0.6 is 0 Å². The second kappa shape index (κ2) is 8.57. The fourth-order valence-corrected chi connectivity index (χ4v) is 4.53. The van der Waals surface area contributed by atoms with Crippen LogP contribution in [0.15, 0.2) is 52.0 Å². The molecule has 0 unspecified atom stereocenters. The number of nitrogens with zero attached hydrogens (tertiary/aromatic N) is 1. The molecule has 3 rings (SSSR count). The lowest BCUT2D eigenvalue weighted by molar-refractivity contribution is -0.125. The summed E-state index contributed by atoms with van der Waals surface area (Å²) in [5, 5.41) is 2.65. The third kappa shape index (κ3) is 4.60. The first kappa shape index (κ1) is 20.1. The predicted molar refractivity (Wildman–Crippen MR) is 100.0 cm³/mol. The Kier molecular flexibility index (Phi) is 6.15. The van der Waals surface area contributed by atoms with Gasteiger partial charge in [0.1, 0.15) is 5.76 Å². The normalized spacial score (nSPS) is 15.9. The van der Waals surface area contributed by atoms with E-state index in [2.05, 4.69) is 5.32 Å². The van der Waals surface area contributed by atoms with E-state index in [1.54, 1.807) is 19.1 Å². The average molecular weight is 406 g/mol. The van der Waals surface area contributed by atoms with Gasteiger partial charge in [-0.1, -0.05) is 6.07 Å². The maximum absolute atomic E-state index is 12.6. The number of carbonyl (C=O) groups excluding carboxylic acids is 2. The first-order chi connectivity index (χ1) is 13.4. The predicted octanol–water partition coefficient (Wildman–Crippen LogP) is 2.10. The third-order valence-corrected chi connectivity index (χ3v) is 6.35. The Balaban J connectivity index is 1.59. The molecule has 150 valence electrons. The minimum Gasteiger partial charge on any atom is -0.467 e. The fraction of sp³-hybridized carbons (Fsp3) is 0.368. The molecule has 0 radical (unpaired) electrons. The summed E-state index contributed by atoms with van der Waals surface area (Å²) in [6.45, 7) is 2.22. The van der Waals surface area contributed by atoms with Gasteiger partial charge in [-0.05, 0) is 50.1 Å².